The summed E-state index contributed by atoms with van der Waals surface area (Å²) < 4.78 is 12.9. The second-order valence-corrected chi connectivity index (χ2v) is 9.28. The predicted octanol–water partition coefficient (Wildman–Crippen LogP) is 3.19. The van der Waals surface area contributed by atoms with Crippen molar-refractivity contribution in [3.8, 4) is 5.75 Å². The van der Waals surface area contributed by atoms with Crippen LogP contribution in [-0.2, 0) is 14.3 Å². The number of pyridine rings is 1. The fraction of sp³-hybridized carbons (Fsp3) is 0.393. The number of imidazole rings is 1. The lowest BCUT2D eigenvalue weighted by Crippen LogP contribution is -2.38. The number of ether oxygens (including phenoxy) is 2. The van der Waals surface area contributed by atoms with E-state index in [0.29, 0.717) is 61.1 Å². The normalized spacial score (nSPS) is 20.2. The van der Waals surface area contributed by atoms with Crippen LogP contribution in [0.1, 0.15) is 36.3 Å². The van der Waals surface area contributed by atoms with Crippen LogP contribution >= 0.6 is 0 Å². The van der Waals surface area contributed by atoms with Crippen molar-refractivity contribution in [2.75, 3.05) is 46.0 Å². The van der Waals surface area contributed by atoms with E-state index >= 15 is 0 Å². The first-order valence-corrected chi connectivity index (χ1v) is 12.7. The Kier molecular flexibility index (Phi) is 7.25. The molecule has 1 aromatic carbocycles. The van der Waals surface area contributed by atoms with Gasteiger partial charge in [0.05, 0.1) is 37.1 Å². The number of aromatic nitrogens is 2. The van der Waals surface area contributed by atoms with Gasteiger partial charge >= 0.3 is 0 Å². The maximum atomic E-state index is 13.5. The van der Waals surface area contributed by atoms with Crippen molar-refractivity contribution in [3.05, 3.63) is 71.2 Å². The number of rotatable bonds is 8. The number of hydrogen-bond donors (Lipinski definition) is 1. The van der Waals surface area contributed by atoms with Crippen LogP contribution in [0.2, 0.25) is 0 Å². The molecular formula is C28H32N4O5. The first kappa shape index (κ1) is 25.0. The minimum Gasteiger partial charge on any atom is -0.505 e. The van der Waals surface area contributed by atoms with Crippen molar-refractivity contribution in [2.45, 2.75) is 26.3 Å². The first-order chi connectivity index (χ1) is 18.0. The van der Waals surface area contributed by atoms with Gasteiger partial charge in [-0.3, -0.25) is 18.9 Å². The van der Waals surface area contributed by atoms with Gasteiger partial charge in [-0.05, 0) is 50.1 Å². The highest BCUT2D eigenvalue weighted by atomic mass is 16.5. The molecule has 5 rings (SSSR count). The lowest BCUT2D eigenvalue weighted by atomic mass is 9.96. The molecule has 0 saturated carbocycles. The number of aryl methyl sites for hydroxylation is 1. The molecule has 2 aliphatic heterocycles. The standard InChI is InChI=1S/C28H32N4O5/c1-3-37-21-9-6-8-20(18-21)25-23(26(33)24-19(2)29-22-10-4-5-12-31(22)24)27(34)28(35)32(25)13-7-11-30-14-16-36-17-15-30/h4-6,8-10,12,18,25,33H,3,7,11,13-17H2,1-2H3. The van der Waals surface area contributed by atoms with E-state index in [1.54, 1.807) is 22.4 Å². The lowest BCUT2D eigenvalue weighted by Gasteiger charge is -2.29. The lowest BCUT2D eigenvalue weighted by molar-refractivity contribution is -0.140. The van der Waals surface area contributed by atoms with Crippen LogP contribution < -0.4 is 4.74 Å². The van der Waals surface area contributed by atoms with Crippen molar-refractivity contribution in [1.82, 2.24) is 19.2 Å². The van der Waals surface area contributed by atoms with Gasteiger partial charge in [-0.25, -0.2) is 4.98 Å². The Labute approximate surface area is 215 Å². The molecule has 0 aliphatic carbocycles. The molecule has 1 N–H and O–H groups in total. The zero-order valence-electron chi connectivity index (χ0n) is 21.2. The molecule has 0 radical (unpaired) electrons. The van der Waals surface area contributed by atoms with Crippen LogP contribution in [0.25, 0.3) is 11.4 Å². The minimum absolute atomic E-state index is 0.0683. The number of Topliss-reactive ketones (excluding diaryl/α,β-unsaturated/α-hetero) is 1. The summed E-state index contributed by atoms with van der Waals surface area (Å²) in [5.74, 6) is -0.885. The summed E-state index contributed by atoms with van der Waals surface area (Å²) in [6.45, 7) is 8.46. The van der Waals surface area contributed by atoms with Crippen molar-refractivity contribution >= 4 is 23.1 Å². The zero-order valence-corrected chi connectivity index (χ0v) is 21.2. The van der Waals surface area contributed by atoms with E-state index in [9.17, 15) is 14.7 Å². The molecule has 194 valence electrons. The molecule has 0 bridgehead atoms. The topological polar surface area (TPSA) is 96.6 Å². The fourth-order valence-corrected chi connectivity index (χ4v) is 5.21. The monoisotopic (exact) mass is 504 g/mol. The third kappa shape index (κ3) is 4.84. The molecule has 2 fully saturated rings. The Hall–Kier alpha value is -3.69. The van der Waals surface area contributed by atoms with Crippen molar-refractivity contribution in [1.29, 1.82) is 0 Å². The van der Waals surface area contributed by atoms with E-state index in [4.69, 9.17) is 9.47 Å². The highest BCUT2D eigenvalue weighted by Gasteiger charge is 2.46. The van der Waals surface area contributed by atoms with Crippen LogP contribution in [0.15, 0.2) is 54.2 Å². The third-order valence-electron chi connectivity index (χ3n) is 6.93. The van der Waals surface area contributed by atoms with Crippen LogP contribution in [0.3, 0.4) is 0 Å². The highest BCUT2D eigenvalue weighted by Crippen LogP contribution is 2.40. The number of ketones is 1. The number of aliphatic hydroxyl groups is 1. The van der Waals surface area contributed by atoms with E-state index in [2.05, 4.69) is 9.88 Å². The van der Waals surface area contributed by atoms with Gasteiger partial charge in [-0.15, -0.1) is 0 Å². The summed E-state index contributed by atoms with van der Waals surface area (Å²) in [6, 6.07) is 12.2. The van der Waals surface area contributed by atoms with Crippen LogP contribution in [0.4, 0.5) is 0 Å². The molecule has 2 aromatic heterocycles. The van der Waals surface area contributed by atoms with Crippen molar-refractivity contribution < 1.29 is 24.2 Å². The molecule has 2 aliphatic rings. The van der Waals surface area contributed by atoms with E-state index in [-0.39, 0.29) is 11.3 Å². The van der Waals surface area contributed by atoms with Gasteiger partial charge in [0.25, 0.3) is 11.7 Å². The molecule has 0 spiro atoms. The largest absolute Gasteiger partial charge is 0.505 e. The number of likely N-dealkylation sites (tertiary alicyclic amines) is 1. The Morgan fingerprint density at radius 2 is 1.95 bits per heavy atom. The summed E-state index contributed by atoms with van der Waals surface area (Å²) in [5.41, 5.74) is 2.41. The summed E-state index contributed by atoms with van der Waals surface area (Å²) in [7, 11) is 0. The van der Waals surface area contributed by atoms with E-state index in [1.807, 2.05) is 49.4 Å². The Morgan fingerprint density at radius 3 is 2.73 bits per heavy atom. The third-order valence-corrected chi connectivity index (χ3v) is 6.93. The molecule has 37 heavy (non-hydrogen) atoms. The predicted molar refractivity (Wildman–Crippen MR) is 138 cm³/mol. The van der Waals surface area contributed by atoms with Crippen LogP contribution in [0, 0.1) is 6.92 Å². The molecule has 9 nitrogen and oxygen atoms in total. The summed E-state index contributed by atoms with van der Waals surface area (Å²) >= 11 is 0. The molecule has 9 heteroatoms. The molecular weight excluding hydrogens is 472 g/mol. The Morgan fingerprint density at radius 1 is 1.14 bits per heavy atom. The Bertz CT molecular complexity index is 1340. The van der Waals surface area contributed by atoms with Gasteiger partial charge < -0.3 is 19.5 Å². The number of carbonyl (C=O) groups excluding carboxylic acids is 2. The maximum absolute atomic E-state index is 13.5. The number of aliphatic hydroxyl groups excluding tert-OH is 1. The zero-order chi connectivity index (χ0) is 25.9. The number of benzene rings is 1. The van der Waals surface area contributed by atoms with E-state index in [0.717, 1.165) is 19.6 Å². The van der Waals surface area contributed by atoms with Gasteiger partial charge in [0, 0.05) is 32.4 Å². The van der Waals surface area contributed by atoms with E-state index < -0.39 is 17.7 Å². The van der Waals surface area contributed by atoms with Gasteiger partial charge in [0.1, 0.15) is 17.1 Å². The van der Waals surface area contributed by atoms with Crippen molar-refractivity contribution in [3.63, 3.8) is 0 Å². The van der Waals surface area contributed by atoms with Crippen LogP contribution in [0.5, 0.6) is 5.75 Å². The fourth-order valence-electron chi connectivity index (χ4n) is 5.21. The van der Waals surface area contributed by atoms with Gasteiger partial charge in [-0.2, -0.15) is 0 Å². The quantitative estimate of drug-likeness (QED) is 0.286. The smallest absolute Gasteiger partial charge is 0.295 e. The molecule has 2 saturated heterocycles. The van der Waals surface area contributed by atoms with Gasteiger partial charge in [0.2, 0.25) is 0 Å². The number of morpholine rings is 1. The van der Waals surface area contributed by atoms with Gasteiger partial charge in [0.15, 0.2) is 5.76 Å². The van der Waals surface area contributed by atoms with Crippen LogP contribution in [-0.4, -0.2) is 82.0 Å². The number of carbonyl (C=O) groups is 2. The molecule has 4 heterocycles. The highest BCUT2D eigenvalue weighted by molar-refractivity contribution is 6.46. The summed E-state index contributed by atoms with van der Waals surface area (Å²) in [5, 5.41) is 11.6. The molecule has 1 atom stereocenters. The number of amides is 1. The molecule has 1 unspecified atom stereocenters. The number of nitrogens with zero attached hydrogens (tertiary/aromatic N) is 4. The average molecular weight is 505 g/mol. The summed E-state index contributed by atoms with van der Waals surface area (Å²) in [4.78, 5) is 35.2. The number of hydrogen-bond acceptors (Lipinski definition) is 7. The maximum Gasteiger partial charge on any atom is 0.295 e. The van der Waals surface area contributed by atoms with E-state index in [1.165, 1.54) is 0 Å². The minimum atomic E-state index is -0.737. The molecule has 3 aromatic rings. The summed E-state index contributed by atoms with van der Waals surface area (Å²) in [6.07, 6.45) is 2.48. The first-order valence-electron chi connectivity index (χ1n) is 12.7. The molecule has 1 amide bonds. The average Bonchev–Trinajstić information content (AvgIpc) is 3.37. The van der Waals surface area contributed by atoms with Crippen molar-refractivity contribution in [2.24, 2.45) is 0 Å². The second-order valence-electron chi connectivity index (χ2n) is 9.28. The second kappa shape index (κ2) is 10.7. The number of fused-ring (bicyclic) bond motifs is 1. The Balaban J connectivity index is 1.56. The van der Waals surface area contributed by atoms with Gasteiger partial charge in [-0.1, -0.05) is 18.2 Å². The SMILES string of the molecule is CCOc1cccc(C2C(=C(O)c3c(C)nc4ccccn34)C(=O)C(=O)N2CCCN2CCOCC2)c1.